The number of H-pyrrole nitrogens is 1. The van der Waals surface area contributed by atoms with Crippen molar-refractivity contribution >= 4 is 23.6 Å². The van der Waals surface area contributed by atoms with Crippen LogP contribution in [0.4, 0.5) is 0 Å². The molecule has 0 atom stereocenters. The zero-order chi connectivity index (χ0) is 13.2. The van der Waals surface area contributed by atoms with Crippen molar-refractivity contribution in [3.63, 3.8) is 0 Å². The van der Waals surface area contributed by atoms with Crippen molar-refractivity contribution in [1.82, 2.24) is 24.5 Å². The van der Waals surface area contributed by atoms with Crippen LogP contribution < -0.4 is 0 Å². The second-order valence-electron chi connectivity index (χ2n) is 4.26. The minimum absolute atomic E-state index is 0.646. The summed E-state index contributed by atoms with van der Waals surface area (Å²) in [6, 6.07) is 4.06. The lowest BCUT2D eigenvalue weighted by Gasteiger charge is -2.05. The molecule has 0 aliphatic rings. The Labute approximate surface area is 119 Å². The Morgan fingerprint density at radius 2 is 2.32 bits per heavy atom. The summed E-state index contributed by atoms with van der Waals surface area (Å²) in [5.74, 6) is 0.892. The molecular formula is C12H13N5S2. The first-order valence-corrected chi connectivity index (χ1v) is 7.21. The predicted octanol–water partition coefficient (Wildman–Crippen LogP) is 2.87. The summed E-state index contributed by atoms with van der Waals surface area (Å²) in [5, 5.41) is 13.5. The second-order valence-corrected chi connectivity index (χ2v) is 5.60. The van der Waals surface area contributed by atoms with Crippen LogP contribution in [0.2, 0.25) is 0 Å². The summed E-state index contributed by atoms with van der Waals surface area (Å²) in [6.07, 6.45) is 3.88. The number of hydrogen-bond acceptors (Lipinski definition) is 4. The fourth-order valence-corrected chi connectivity index (χ4v) is 2.86. The number of aromatic amines is 1. The van der Waals surface area contributed by atoms with Gasteiger partial charge >= 0.3 is 0 Å². The second kappa shape index (κ2) is 5.10. The largest absolute Gasteiger partial charge is 0.298 e. The molecule has 0 saturated heterocycles. The topological polar surface area (TPSA) is 51.4 Å². The van der Waals surface area contributed by atoms with Crippen molar-refractivity contribution in [3.05, 3.63) is 40.2 Å². The van der Waals surface area contributed by atoms with Crippen molar-refractivity contribution in [2.24, 2.45) is 0 Å². The number of nitrogens with one attached hydrogen (secondary N) is 1. The average molecular weight is 291 g/mol. The van der Waals surface area contributed by atoms with Gasteiger partial charge in [0, 0.05) is 12.7 Å². The number of aryl methyl sites for hydroxylation is 2. The molecule has 0 aliphatic heterocycles. The third kappa shape index (κ3) is 2.52. The Morgan fingerprint density at radius 1 is 1.42 bits per heavy atom. The van der Waals surface area contributed by atoms with Gasteiger partial charge in [0.05, 0.1) is 17.6 Å². The zero-order valence-corrected chi connectivity index (χ0v) is 12.0. The van der Waals surface area contributed by atoms with Crippen molar-refractivity contribution in [1.29, 1.82) is 0 Å². The minimum Gasteiger partial charge on any atom is -0.298 e. The highest BCUT2D eigenvalue weighted by molar-refractivity contribution is 7.71. The molecule has 3 aromatic heterocycles. The third-order valence-corrected chi connectivity index (χ3v) is 3.99. The monoisotopic (exact) mass is 291 g/mol. The quantitative estimate of drug-likeness (QED) is 0.752. The van der Waals surface area contributed by atoms with Gasteiger partial charge in [0.1, 0.15) is 0 Å². The number of thiophene rings is 1. The van der Waals surface area contributed by atoms with Gasteiger partial charge in [0.25, 0.3) is 0 Å². The molecule has 0 aromatic carbocycles. The van der Waals surface area contributed by atoms with E-state index in [2.05, 4.69) is 15.3 Å². The highest BCUT2D eigenvalue weighted by atomic mass is 32.1. The zero-order valence-electron chi connectivity index (χ0n) is 10.4. The first-order valence-electron chi connectivity index (χ1n) is 5.92. The Bertz CT molecular complexity index is 719. The van der Waals surface area contributed by atoms with Crippen molar-refractivity contribution < 1.29 is 0 Å². The fraction of sp³-hybridized carbons (Fsp3) is 0.250. The standard InChI is InChI=1S/C12H13N5S2/c1-9-7-13-16(8-9)4-5-17-11(14-15-12(17)18)10-3-2-6-19-10/h2-3,6-8H,4-5H2,1H3,(H,15,18). The van der Waals surface area contributed by atoms with Gasteiger partial charge in [-0.05, 0) is 36.2 Å². The van der Waals surface area contributed by atoms with Gasteiger partial charge in [-0.25, -0.2) is 0 Å². The SMILES string of the molecule is Cc1cnn(CCn2c(-c3cccs3)n[nH]c2=S)c1. The van der Waals surface area contributed by atoms with Crippen LogP contribution in [0.3, 0.4) is 0 Å². The van der Waals surface area contributed by atoms with E-state index in [1.807, 2.05) is 46.1 Å². The van der Waals surface area contributed by atoms with E-state index in [0.717, 1.165) is 29.4 Å². The lowest BCUT2D eigenvalue weighted by atomic mass is 10.4. The molecule has 0 bridgehead atoms. The molecular weight excluding hydrogens is 278 g/mol. The van der Waals surface area contributed by atoms with Crippen molar-refractivity contribution in [2.75, 3.05) is 0 Å². The van der Waals surface area contributed by atoms with E-state index in [9.17, 15) is 0 Å². The molecule has 0 amide bonds. The predicted molar refractivity (Wildman–Crippen MR) is 77.7 cm³/mol. The van der Waals surface area contributed by atoms with Crippen LogP contribution in [-0.4, -0.2) is 24.5 Å². The molecule has 3 heterocycles. The van der Waals surface area contributed by atoms with Gasteiger partial charge in [0.15, 0.2) is 10.6 Å². The van der Waals surface area contributed by atoms with Gasteiger partial charge < -0.3 is 0 Å². The van der Waals surface area contributed by atoms with Crippen molar-refractivity contribution in [2.45, 2.75) is 20.0 Å². The van der Waals surface area contributed by atoms with Crippen molar-refractivity contribution in [3.8, 4) is 10.7 Å². The van der Waals surface area contributed by atoms with E-state index in [0.29, 0.717) is 4.77 Å². The normalized spacial score (nSPS) is 11.0. The van der Waals surface area contributed by atoms with Gasteiger partial charge in [-0.3, -0.25) is 14.3 Å². The average Bonchev–Trinajstić information content (AvgIpc) is 3.08. The van der Waals surface area contributed by atoms with Gasteiger partial charge in [-0.2, -0.15) is 10.2 Å². The van der Waals surface area contributed by atoms with Crippen LogP contribution >= 0.6 is 23.6 Å². The Morgan fingerprint density at radius 3 is 3.00 bits per heavy atom. The van der Waals surface area contributed by atoms with E-state index in [-0.39, 0.29) is 0 Å². The molecule has 0 spiro atoms. The molecule has 1 N–H and O–H groups in total. The van der Waals surface area contributed by atoms with Crippen LogP contribution in [0.5, 0.6) is 0 Å². The molecule has 7 heteroatoms. The maximum absolute atomic E-state index is 5.29. The highest BCUT2D eigenvalue weighted by Crippen LogP contribution is 2.22. The summed E-state index contributed by atoms with van der Waals surface area (Å²) in [6.45, 7) is 3.56. The molecule has 5 nitrogen and oxygen atoms in total. The smallest absolute Gasteiger partial charge is 0.195 e. The third-order valence-electron chi connectivity index (χ3n) is 2.81. The lowest BCUT2D eigenvalue weighted by Crippen LogP contribution is -2.09. The Kier molecular flexibility index (Phi) is 3.31. The van der Waals surface area contributed by atoms with Crippen LogP contribution in [0.1, 0.15) is 5.56 Å². The molecule has 0 saturated carbocycles. The number of nitrogens with zero attached hydrogens (tertiary/aromatic N) is 4. The fourth-order valence-electron chi connectivity index (χ4n) is 1.91. The first-order chi connectivity index (χ1) is 9.24. The summed E-state index contributed by atoms with van der Waals surface area (Å²) >= 11 is 6.94. The molecule has 98 valence electrons. The number of aromatic nitrogens is 5. The maximum atomic E-state index is 5.29. The minimum atomic E-state index is 0.646. The first kappa shape index (κ1) is 12.3. The molecule has 0 aliphatic carbocycles. The molecule has 0 unspecified atom stereocenters. The van der Waals surface area contributed by atoms with Gasteiger partial charge in [-0.1, -0.05) is 6.07 Å². The van der Waals surface area contributed by atoms with Crippen LogP contribution in [-0.2, 0) is 13.1 Å². The van der Waals surface area contributed by atoms with Crippen LogP contribution in [0, 0.1) is 11.7 Å². The molecule has 19 heavy (non-hydrogen) atoms. The van der Waals surface area contributed by atoms with Crippen LogP contribution in [0.25, 0.3) is 10.7 Å². The molecule has 0 radical (unpaired) electrons. The summed E-state index contributed by atoms with van der Waals surface area (Å²) in [7, 11) is 0. The van der Waals surface area contributed by atoms with E-state index < -0.39 is 0 Å². The summed E-state index contributed by atoms with van der Waals surface area (Å²) < 4.78 is 4.58. The van der Waals surface area contributed by atoms with E-state index in [1.165, 1.54) is 0 Å². The maximum Gasteiger partial charge on any atom is 0.195 e. The van der Waals surface area contributed by atoms with E-state index in [4.69, 9.17) is 12.2 Å². The van der Waals surface area contributed by atoms with Gasteiger partial charge in [-0.15, -0.1) is 11.3 Å². The summed E-state index contributed by atoms with van der Waals surface area (Å²) in [4.78, 5) is 1.11. The van der Waals surface area contributed by atoms with E-state index in [1.54, 1.807) is 11.3 Å². The van der Waals surface area contributed by atoms with E-state index >= 15 is 0 Å². The Balaban J connectivity index is 1.85. The number of rotatable bonds is 4. The molecule has 3 aromatic rings. The highest BCUT2D eigenvalue weighted by Gasteiger charge is 2.09. The summed E-state index contributed by atoms with van der Waals surface area (Å²) in [5.41, 5.74) is 1.16. The molecule has 0 fully saturated rings. The number of hydrogen-bond donors (Lipinski definition) is 1. The Hall–Kier alpha value is -1.73. The van der Waals surface area contributed by atoms with Gasteiger partial charge in [0.2, 0.25) is 0 Å². The van der Waals surface area contributed by atoms with Crippen LogP contribution in [0.15, 0.2) is 29.9 Å². The molecule has 3 rings (SSSR count). The lowest BCUT2D eigenvalue weighted by molar-refractivity contribution is 0.532.